The number of aliphatic hydroxyl groups is 1. The molecule has 0 aliphatic rings. The maximum absolute atomic E-state index is 12.8. The van der Waals surface area contributed by atoms with Crippen molar-refractivity contribution in [3.8, 4) is 0 Å². The van der Waals surface area contributed by atoms with Crippen molar-refractivity contribution in [1.29, 1.82) is 0 Å². The fourth-order valence-electron chi connectivity index (χ4n) is 6.90. The molecule has 0 aliphatic heterocycles. The molecule has 1 amide bonds. The van der Waals surface area contributed by atoms with E-state index in [-0.39, 0.29) is 25.7 Å². The van der Waals surface area contributed by atoms with Crippen LogP contribution in [-0.2, 0) is 18.4 Å². The number of phosphoric acid groups is 1. The normalized spacial score (nSPS) is 14.1. The number of nitrogens with one attached hydrogen (secondary N) is 1. The molecule has 0 radical (unpaired) electrons. The average Bonchev–Trinajstić information content (AvgIpc) is 3.14. The van der Waals surface area contributed by atoms with E-state index < -0.39 is 20.0 Å². The van der Waals surface area contributed by atoms with E-state index in [0.29, 0.717) is 12.8 Å². The molecule has 0 fully saturated rings. The lowest BCUT2D eigenvalue weighted by Gasteiger charge is -2.25. The summed E-state index contributed by atoms with van der Waals surface area (Å²) in [4.78, 5) is 22.8. The number of aliphatic hydroxyl groups excluding tert-OH is 1. The Morgan fingerprint density at radius 2 is 0.981 bits per heavy atom. The highest BCUT2D eigenvalue weighted by Gasteiger charge is 2.27. The molecule has 0 aromatic carbocycles. The number of hydrogen-bond acceptors (Lipinski definition) is 6. The van der Waals surface area contributed by atoms with Gasteiger partial charge in [-0.2, -0.15) is 0 Å². The summed E-state index contributed by atoms with van der Waals surface area (Å²) < 4.78 is 22.2. The van der Waals surface area contributed by atoms with Gasteiger partial charge in [-0.05, 0) is 38.5 Å². The molecule has 316 valence electrons. The van der Waals surface area contributed by atoms with Gasteiger partial charge in [-0.1, -0.05) is 199 Å². The third-order valence-corrected chi connectivity index (χ3v) is 11.4. The van der Waals surface area contributed by atoms with Gasteiger partial charge in [-0.3, -0.25) is 13.8 Å². The maximum Gasteiger partial charge on any atom is 0.472 e. The van der Waals surface area contributed by atoms with Crippen LogP contribution >= 0.6 is 7.82 Å². The van der Waals surface area contributed by atoms with Crippen LogP contribution in [0.1, 0.15) is 232 Å². The predicted octanol–water partition coefficient (Wildman–Crippen LogP) is 12.8. The average molecular weight is 773 g/mol. The molecular formula is C44H89N2O6P. The van der Waals surface area contributed by atoms with Gasteiger partial charge in [0.15, 0.2) is 0 Å². The van der Waals surface area contributed by atoms with Gasteiger partial charge in [-0.15, -0.1) is 0 Å². The van der Waals surface area contributed by atoms with Gasteiger partial charge in [0, 0.05) is 13.0 Å². The molecule has 0 aliphatic carbocycles. The first-order chi connectivity index (χ1) is 25.9. The Morgan fingerprint density at radius 3 is 1.40 bits per heavy atom. The Bertz CT molecular complexity index is 845. The van der Waals surface area contributed by atoms with Gasteiger partial charge in [0.2, 0.25) is 5.91 Å². The molecule has 3 atom stereocenters. The number of carbonyl (C=O) groups is 1. The largest absolute Gasteiger partial charge is 0.472 e. The molecule has 53 heavy (non-hydrogen) atoms. The number of rotatable bonds is 43. The Balaban J connectivity index is 4.10. The SMILES string of the molecule is CCCCCCCC/C=C\CCCCCCCCCCCC(=O)NC(COP(=O)(O)OCCN)C(O)CCCCCCCCCCCCCCCCC. The number of phosphoric ester groups is 1. The lowest BCUT2D eigenvalue weighted by molar-refractivity contribution is -0.123. The second kappa shape index (κ2) is 40.9. The van der Waals surface area contributed by atoms with Gasteiger partial charge in [-0.25, -0.2) is 4.57 Å². The van der Waals surface area contributed by atoms with Crippen LogP contribution in [0.15, 0.2) is 12.2 Å². The maximum atomic E-state index is 12.8. The monoisotopic (exact) mass is 773 g/mol. The fourth-order valence-corrected chi connectivity index (χ4v) is 7.66. The van der Waals surface area contributed by atoms with E-state index >= 15 is 0 Å². The summed E-state index contributed by atoms with van der Waals surface area (Å²) in [6.45, 7) is 4.22. The summed E-state index contributed by atoms with van der Waals surface area (Å²) in [6.07, 6.45) is 45.0. The van der Waals surface area contributed by atoms with Gasteiger partial charge < -0.3 is 21.1 Å². The Hall–Kier alpha value is -0.760. The van der Waals surface area contributed by atoms with E-state index in [1.54, 1.807) is 0 Å². The van der Waals surface area contributed by atoms with Crippen molar-refractivity contribution in [1.82, 2.24) is 5.32 Å². The molecule has 8 nitrogen and oxygen atoms in total. The van der Waals surface area contributed by atoms with Crippen molar-refractivity contribution >= 4 is 13.7 Å². The van der Waals surface area contributed by atoms with E-state index in [1.165, 1.54) is 167 Å². The smallest absolute Gasteiger partial charge is 0.391 e. The molecule has 0 spiro atoms. The van der Waals surface area contributed by atoms with Crippen molar-refractivity contribution in [3.63, 3.8) is 0 Å². The minimum Gasteiger partial charge on any atom is -0.391 e. The topological polar surface area (TPSA) is 131 Å². The van der Waals surface area contributed by atoms with Crippen molar-refractivity contribution in [2.24, 2.45) is 5.73 Å². The molecule has 0 aromatic rings. The first kappa shape index (κ1) is 52.2. The number of nitrogens with two attached hydrogens (primary N) is 1. The zero-order valence-corrected chi connectivity index (χ0v) is 35.9. The summed E-state index contributed by atoms with van der Waals surface area (Å²) in [5.74, 6) is -0.161. The summed E-state index contributed by atoms with van der Waals surface area (Å²) in [6, 6.07) is -0.771. The molecule has 0 saturated carbocycles. The second-order valence-corrected chi connectivity index (χ2v) is 17.1. The van der Waals surface area contributed by atoms with Crippen molar-refractivity contribution in [3.05, 3.63) is 12.2 Å². The first-order valence-electron chi connectivity index (χ1n) is 22.8. The van der Waals surface area contributed by atoms with Crippen LogP contribution in [-0.4, -0.2) is 47.8 Å². The molecule has 9 heteroatoms. The van der Waals surface area contributed by atoms with Crippen LogP contribution in [0.5, 0.6) is 0 Å². The summed E-state index contributed by atoms with van der Waals surface area (Å²) in [5.41, 5.74) is 5.38. The van der Waals surface area contributed by atoms with E-state index in [0.717, 1.165) is 38.5 Å². The lowest BCUT2D eigenvalue weighted by atomic mass is 10.0. The number of hydrogen-bond donors (Lipinski definition) is 4. The lowest BCUT2D eigenvalue weighted by Crippen LogP contribution is -2.46. The van der Waals surface area contributed by atoms with Crippen LogP contribution in [0.3, 0.4) is 0 Å². The third-order valence-electron chi connectivity index (χ3n) is 10.4. The molecule has 0 bridgehead atoms. The van der Waals surface area contributed by atoms with Gasteiger partial charge in [0.05, 0.1) is 25.4 Å². The van der Waals surface area contributed by atoms with Crippen LogP contribution in [0.2, 0.25) is 0 Å². The zero-order chi connectivity index (χ0) is 38.9. The molecule has 0 rings (SSSR count). The van der Waals surface area contributed by atoms with Crippen LogP contribution in [0.25, 0.3) is 0 Å². The highest BCUT2D eigenvalue weighted by molar-refractivity contribution is 7.47. The molecule has 3 unspecified atom stereocenters. The zero-order valence-electron chi connectivity index (χ0n) is 35.0. The standard InChI is InChI=1S/C44H89N2O6P/c1-3-5-7-9-11-13-15-17-19-20-21-22-24-26-28-30-32-34-36-38-44(48)46-42(41-52-53(49,50)51-40-39-45)43(47)37-35-33-31-29-27-25-23-18-16-14-12-10-8-6-4-2/h17,19,42-43,47H,3-16,18,20-41,45H2,1-2H3,(H,46,48)(H,49,50)/b19-17-. The van der Waals surface area contributed by atoms with E-state index in [2.05, 4.69) is 31.3 Å². The number of amides is 1. The Kier molecular flexibility index (Phi) is 40.3. The van der Waals surface area contributed by atoms with Crippen molar-refractivity contribution in [2.45, 2.75) is 244 Å². The second-order valence-electron chi connectivity index (χ2n) is 15.6. The predicted molar refractivity (Wildman–Crippen MR) is 226 cm³/mol. The van der Waals surface area contributed by atoms with E-state index in [9.17, 15) is 19.4 Å². The van der Waals surface area contributed by atoms with Gasteiger partial charge in [0.1, 0.15) is 0 Å². The summed E-state index contributed by atoms with van der Waals surface area (Å²) in [5, 5.41) is 13.8. The first-order valence-corrected chi connectivity index (χ1v) is 24.3. The molecular weight excluding hydrogens is 683 g/mol. The van der Waals surface area contributed by atoms with Crippen molar-refractivity contribution < 1.29 is 28.4 Å². The van der Waals surface area contributed by atoms with Gasteiger partial charge >= 0.3 is 7.82 Å². The number of allylic oxidation sites excluding steroid dienone is 2. The van der Waals surface area contributed by atoms with E-state index in [1.807, 2.05) is 0 Å². The van der Waals surface area contributed by atoms with Crippen LogP contribution in [0.4, 0.5) is 0 Å². The minimum absolute atomic E-state index is 0.0904. The van der Waals surface area contributed by atoms with Crippen molar-refractivity contribution in [2.75, 3.05) is 19.8 Å². The number of carbonyl (C=O) groups excluding carboxylic acids is 1. The molecule has 0 saturated heterocycles. The highest BCUT2D eigenvalue weighted by Crippen LogP contribution is 2.43. The molecule has 0 aromatic heterocycles. The summed E-state index contributed by atoms with van der Waals surface area (Å²) in [7, 11) is -4.31. The minimum atomic E-state index is -4.31. The Labute approximate surface area is 328 Å². The number of unbranched alkanes of at least 4 members (excludes halogenated alkanes) is 29. The fraction of sp³-hybridized carbons (Fsp3) is 0.932. The Morgan fingerprint density at radius 1 is 0.604 bits per heavy atom. The summed E-state index contributed by atoms with van der Waals surface area (Å²) >= 11 is 0. The van der Waals surface area contributed by atoms with Gasteiger partial charge in [0.25, 0.3) is 0 Å². The van der Waals surface area contributed by atoms with Crippen LogP contribution in [0, 0.1) is 0 Å². The molecule has 5 N–H and O–H groups in total. The van der Waals surface area contributed by atoms with Crippen LogP contribution < -0.4 is 11.1 Å². The third kappa shape index (κ3) is 39.3. The molecule has 0 heterocycles. The quantitative estimate of drug-likeness (QED) is 0.0276. The van der Waals surface area contributed by atoms with E-state index in [4.69, 9.17) is 14.8 Å². The highest BCUT2D eigenvalue weighted by atomic mass is 31.2.